The number of hydrogen-bond acceptors (Lipinski definition) is 6. The Hall–Kier alpha value is -1.44. The normalized spacial score (nSPS) is 24.0. The van der Waals surface area contributed by atoms with Crippen LogP contribution in [0.15, 0.2) is 4.79 Å². The van der Waals surface area contributed by atoms with E-state index in [1.54, 1.807) is 7.11 Å². The summed E-state index contributed by atoms with van der Waals surface area (Å²) in [5, 5.41) is 0. The van der Waals surface area contributed by atoms with Crippen LogP contribution in [0.4, 0.5) is 5.95 Å². The Labute approximate surface area is 154 Å². The fourth-order valence-electron chi connectivity index (χ4n) is 4.79. The quantitative estimate of drug-likeness (QED) is 0.859. The van der Waals surface area contributed by atoms with Crippen molar-refractivity contribution in [3.05, 3.63) is 21.6 Å². The summed E-state index contributed by atoms with van der Waals surface area (Å²) in [6.45, 7) is 8.05. The standard InChI is InChI=1S/C19H30N4O3/c1-14(13-25-2)22-7-5-19(6-8-22)4-3-15-16(19)20-18(21-17(15)24)23-9-11-26-12-10-23/h14H,3-13H2,1-2H3,(H,20,21,24). The molecule has 1 aromatic heterocycles. The first kappa shape index (κ1) is 17.9. The molecule has 1 N–H and O–H groups in total. The largest absolute Gasteiger partial charge is 0.383 e. The van der Waals surface area contributed by atoms with Crippen molar-refractivity contribution in [2.24, 2.45) is 0 Å². The minimum Gasteiger partial charge on any atom is -0.383 e. The van der Waals surface area contributed by atoms with Gasteiger partial charge in [0.15, 0.2) is 0 Å². The van der Waals surface area contributed by atoms with Gasteiger partial charge in [0.2, 0.25) is 5.95 Å². The second kappa shape index (κ2) is 7.29. The Morgan fingerprint density at radius 2 is 1.96 bits per heavy atom. The van der Waals surface area contributed by atoms with Crippen molar-refractivity contribution in [1.29, 1.82) is 0 Å². The van der Waals surface area contributed by atoms with Crippen LogP contribution in [0.1, 0.15) is 37.4 Å². The molecular formula is C19H30N4O3. The lowest BCUT2D eigenvalue weighted by Crippen LogP contribution is -2.47. The monoisotopic (exact) mass is 362 g/mol. The van der Waals surface area contributed by atoms with Crippen molar-refractivity contribution in [2.45, 2.75) is 44.1 Å². The van der Waals surface area contributed by atoms with Crippen LogP contribution in [0.3, 0.4) is 0 Å². The molecule has 3 heterocycles. The van der Waals surface area contributed by atoms with Crippen molar-refractivity contribution >= 4 is 5.95 Å². The van der Waals surface area contributed by atoms with Gasteiger partial charge in [0.05, 0.1) is 25.5 Å². The highest BCUT2D eigenvalue weighted by molar-refractivity contribution is 5.40. The lowest BCUT2D eigenvalue weighted by atomic mass is 9.76. The molecule has 3 aliphatic rings. The molecule has 1 atom stereocenters. The van der Waals surface area contributed by atoms with Crippen molar-refractivity contribution in [1.82, 2.24) is 14.9 Å². The van der Waals surface area contributed by atoms with Crippen LogP contribution in [-0.4, -0.2) is 74.0 Å². The average molecular weight is 362 g/mol. The lowest BCUT2D eigenvalue weighted by Gasteiger charge is -2.42. The van der Waals surface area contributed by atoms with E-state index in [0.29, 0.717) is 19.3 Å². The van der Waals surface area contributed by atoms with Gasteiger partial charge in [-0.3, -0.25) is 14.7 Å². The summed E-state index contributed by atoms with van der Waals surface area (Å²) in [5.41, 5.74) is 2.12. The minimum atomic E-state index is 0.0588. The Balaban J connectivity index is 1.57. The Kier molecular flexibility index (Phi) is 5.03. The maximum absolute atomic E-state index is 12.7. The van der Waals surface area contributed by atoms with E-state index >= 15 is 0 Å². The molecule has 0 amide bonds. The van der Waals surface area contributed by atoms with E-state index in [1.165, 1.54) is 0 Å². The van der Waals surface area contributed by atoms with Crippen molar-refractivity contribution in [3.63, 3.8) is 0 Å². The first-order valence-corrected chi connectivity index (χ1v) is 9.82. The molecule has 0 aromatic carbocycles. The van der Waals surface area contributed by atoms with Crippen LogP contribution >= 0.6 is 0 Å². The van der Waals surface area contributed by atoms with E-state index in [0.717, 1.165) is 75.7 Å². The third-order valence-corrected chi connectivity index (χ3v) is 6.46. The molecule has 7 heteroatoms. The molecule has 0 radical (unpaired) electrons. The van der Waals surface area contributed by atoms with Crippen LogP contribution in [0.25, 0.3) is 0 Å². The van der Waals surface area contributed by atoms with E-state index in [9.17, 15) is 4.79 Å². The number of aromatic amines is 1. The molecule has 0 saturated carbocycles. The number of morpholine rings is 1. The number of aromatic nitrogens is 2. The van der Waals surface area contributed by atoms with Crippen LogP contribution in [0.2, 0.25) is 0 Å². The summed E-state index contributed by atoms with van der Waals surface area (Å²) < 4.78 is 10.7. The fourth-order valence-corrected chi connectivity index (χ4v) is 4.79. The van der Waals surface area contributed by atoms with Gasteiger partial charge < -0.3 is 14.4 Å². The van der Waals surface area contributed by atoms with E-state index in [4.69, 9.17) is 14.5 Å². The van der Waals surface area contributed by atoms with Gasteiger partial charge in [-0.25, -0.2) is 4.98 Å². The molecule has 1 aliphatic carbocycles. The Morgan fingerprint density at radius 3 is 2.65 bits per heavy atom. The summed E-state index contributed by atoms with van der Waals surface area (Å²) in [5.74, 6) is 0.730. The van der Waals surface area contributed by atoms with Gasteiger partial charge >= 0.3 is 0 Å². The van der Waals surface area contributed by atoms with Crippen LogP contribution in [0, 0.1) is 0 Å². The molecule has 1 aromatic rings. The van der Waals surface area contributed by atoms with Crippen LogP contribution < -0.4 is 10.5 Å². The predicted molar refractivity (Wildman–Crippen MR) is 100 cm³/mol. The number of rotatable bonds is 4. The smallest absolute Gasteiger partial charge is 0.255 e. The van der Waals surface area contributed by atoms with Gasteiger partial charge in [0, 0.05) is 37.2 Å². The van der Waals surface area contributed by atoms with Crippen LogP contribution in [-0.2, 0) is 21.3 Å². The number of piperidine rings is 1. The molecule has 26 heavy (non-hydrogen) atoms. The second-order valence-corrected chi connectivity index (χ2v) is 7.94. The zero-order valence-corrected chi connectivity index (χ0v) is 15.9. The fraction of sp³-hybridized carbons (Fsp3) is 0.789. The minimum absolute atomic E-state index is 0.0588. The maximum Gasteiger partial charge on any atom is 0.255 e. The molecule has 1 unspecified atom stereocenters. The van der Waals surface area contributed by atoms with Gasteiger partial charge in [-0.1, -0.05) is 0 Å². The van der Waals surface area contributed by atoms with Crippen molar-refractivity contribution in [3.8, 4) is 0 Å². The summed E-state index contributed by atoms with van der Waals surface area (Å²) in [7, 11) is 1.76. The third kappa shape index (κ3) is 3.17. The summed E-state index contributed by atoms with van der Waals surface area (Å²) in [6, 6.07) is 0.439. The third-order valence-electron chi connectivity index (χ3n) is 6.46. The van der Waals surface area contributed by atoms with E-state index < -0.39 is 0 Å². The van der Waals surface area contributed by atoms with Gasteiger partial charge in [-0.05, 0) is 45.7 Å². The van der Waals surface area contributed by atoms with E-state index in [2.05, 4.69) is 21.7 Å². The first-order valence-electron chi connectivity index (χ1n) is 9.82. The first-order chi connectivity index (χ1) is 12.6. The highest BCUT2D eigenvalue weighted by atomic mass is 16.5. The van der Waals surface area contributed by atoms with Gasteiger partial charge in [-0.15, -0.1) is 0 Å². The molecule has 2 fully saturated rings. The summed E-state index contributed by atoms with van der Waals surface area (Å²) in [4.78, 5) is 25.3. The number of nitrogens with one attached hydrogen (secondary N) is 1. The molecule has 1 spiro atoms. The van der Waals surface area contributed by atoms with E-state index in [1.807, 2.05) is 0 Å². The lowest BCUT2D eigenvalue weighted by molar-refractivity contribution is 0.0646. The van der Waals surface area contributed by atoms with Crippen molar-refractivity contribution < 1.29 is 9.47 Å². The molecule has 7 nitrogen and oxygen atoms in total. The van der Waals surface area contributed by atoms with E-state index in [-0.39, 0.29) is 11.0 Å². The number of hydrogen-bond donors (Lipinski definition) is 1. The van der Waals surface area contributed by atoms with Gasteiger partial charge in [0.1, 0.15) is 0 Å². The number of likely N-dealkylation sites (tertiary alicyclic amines) is 1. The van der Waals surface area contributed by atoms with Gasteiger partial charge in [-0.2, -0.15) is 0 Å². The molecule has 144 valence electrons. The summed E-state index contributed by atoms with van der Waals surface area (Å²) >= 11 is 0. The second-order valence-electron chi connectivity index (χ2n) is 7.94. The molecule has 2 aliphatic heterocycles. The predicted octanol–water partition coefficient (Wildman–Crippen LogP) is 0.921. The van der Waals surface area contributed by atoms with Gasteiger partial charge in [0.25, 0.3) is 5.56 Å². The van der Waals surface area contributed by atoms with Crippen LogP contribution in [0.5, 0.6) is 0 Å². The summed E-state index contributed by atoms with van der Waals surface area (Å²) in [6.07, 6.45) is 4.06. The Morgan fingerprint density at radius 1 is 1.23 bits per heavy atom. The molecular weight excluding hydrogens is 332 g/mol. The molecule has 2 saturated heterocycles. The topological polar surface area (TPSA) is 70.7 Å². The maximum atomic E-state index is 12.7. The average Bonchev–Trinajstić information content (AvgIpc) is 3.02. The Bertz CT molecular complexity index is 691. The zero-order valence-electron chi connectivity index (χ0n) is 15.9. The number of ether oxygens (including phenoxy) is 2. The number of nitrogens with zero attached hydrogens (tertiary/aromatic N) is 3. The number of fused-ring (bicyclic) bond motifs is 2. The number of anilines is 1. The molecule has 4 rings (SSSR count). The van der Waals surface area contributed by atoms with Crippen molar-refractivity contribution in [2.75, 3.05) is 58.0 Å². The number of methoxy groups -OCH3 is 1. The molecule has 0 bridgehead atoms. The zero-order chi connectivity index (χ0) is 18.1. The SMILES string of the molecule is COCC(C)N1CCC2(CCc3c2nc(N2CCOCC2)[nH]c3=O)CC1. The highest BCUT2D eigenvalue weighted by Gasteiger charge is 2.44. The number of H-pyrrole nitrogens is 1. The highest BCUT2D eigenvalue weighted by Crippen LogP contribution is 2.44.